The number of hydrogen-bond acceptors (Lipinski definition) is 5. The topological polar surface area (TPSA) is 59.1 Å². The monoisotopic (exact) mass is 407 g/mol. The van der Waals surface area contributed by atoms with Crippen molar-refractivity contribution in [1.82, 2.24) is 4.68 Å². The highest BCUT2D eigenvalue weighted by Crippen LogP contribution is 2.30. The molecule has 134 valence electrons. The molecule has 1 heterocycles. The van der Waals surface area contributed by atoms with E-state index in [2.05, 4.69) is 10.1 Å². The predicted molar refractivity (Wildman–Crippen MR) is 107 cm³/mol. The number of aromatic hydroxyl groups is 1. The fraction of sp³-hybridized carbons (Fsp3) is 0.111. The molecule has 0 saturated heterocycles. The van der Waals surface area contributed by atoms with Gasteiger partial charge in [-0.3, -0.25) is 4.99 Å². The van der Waals surface area contributed by atoms with Crippen LogP contribution in [0.25, 0.3) is 11.3 Å². The van der Waals surface area contributed by atoms with Gasteiger partial charge in [0.15, 0.2) is 0 Å². The van der Waals surface area contributed by atoms with Crippen molar-refractivity contribution in [2.45, 2.75) is 0 Å². The average molecular weight is 408 g/mol. The number of halogens is 2. The second-order valence-electron chi connectivity index (χ2n) is 5.23. The van der Waals surface area contributed by atoms with E-state index in [4.69, 9.17) is 27.9 Å². The van der Waals surface area contributed by atoms with Crippen LogP contribution in [0, 0.1) is 0 Å². The number of thiazole rings is 1. The number of aromatic nitrogens is 1. The largest absolute Gasteiger partial charge is 0.507 e. The number of phenols is 1. The van der Waals surface area contributed by atoms with Crippen LogP contribution in [0.1, 0.15) is 5.56 Å². The van der Waals surface area contributed by atoms with Crippen molar-refractivity contribution in [3.05, 3.63) is 62.2 Å². The smallest absolute Gasteiger partial charge is 0.205 e. The molecule has 0 atom stereocenters. The van der Waals surface area contributed by atoms with E-state index >= 15 is 0 Å². The first-order chi connectivity index (χ1) is 12.5. The van der Waals surface area contributed by atoms with Gasteiger partial charge < -0.3 is 9.84 Å². The molecule has 0 aliphatic rings. The van der Waals surface area contributed by atoms with Gasteiger partial charge in [-0.1, -0.05) is 23.2 Å². The molecule has 2 aromatic carbocycles. The van der Waals surface area contributed by atoms with Crippen molar-refractivity contribution < 1.29 is 9.84 Å². The van der Waals surface area contributed by atoms with Crippen LogP contribution in [-0.4, -0.2) is 30.2 Å². The van der Waals surface area contributed by atoms with Gasteiger partial charge in [0.25, 0.3) is 0 Å². The van der Waals surface area contributed by atoms with E-state index in [1.165, 1.54) is 11.3 Å². The second kappa shape index (κ2) is 7.95. The van der Waals surface area contributed by atoms with E-state index in [1.807, 2.05) is 11.4 Å². The van der Waals surface area contributed by atoms with Crippen molar-refractivity contribution in [3.8, 4) is 22.8 Å². The summed E-state index contributed by atoms with van der Waals surface area (Å²) in [6.07, 6.45) is 1.55. The fourth-order valence-corrected chi connectivity index (χ4v) is 3.63. The Labute approximate surface area is 164 Å². The van der Waals surface area contributed by atoms with Gasteiger partial charge >= 0.3 is 0 Å². The van der Waals surface area contributed by atoms with Crippen molar-refractivity contribution in [1.29, 1.82) is 0 Å². The number of hydrogen-bond donors (Lipinski definition) is 1. The lowest BCUT2D eigenvalue weighted by Gasteiger charge is -2.07. The molecule has 8 heteroatoms. The van der Waals surface area contributed by atoms with Crippen LogP contribution >= 0.6 is 34.5 Å². The van der Waals surface area contributed by atoms with E-state index < -0.39 is 0 Å². The average Bonchev–Trinajstić information content (AvgIpc) is 3.03. The summed E-state index contributed by atoms with van der Waals surface area (Å²) < 4.78 is 6.85. The first kappa shape index (κ1) is 18.5. The van der Waals surface area contributed by atoms with Gasteiger partial charge in [-0.15, -0.1) is 11.3 Å². The molecular weight excluding hydrogens is 393 g/mol. The molecule has 3 rings (SSSR count). The molecule has 0 spiro atoms. The summed E-state index contributed by atoms with van der Waals surface area (Å²) in [5.41, 5.74) is 2.09. The molecule has 1 N–H and O–H groups in total. The molecule has 0 amide bonds. The molecule has 0 fully saturated rings. The number of methoxy groups -OCH3 is 1. The first-order valence-electron chi connectivity index (χ1n) is 7.53. The van der Waals surface area contributed by atoms with E-state index in [9.17, 15) is 5.11 Å². The van der Waals surface area contributed by atoms with E-state index in [1.54, 1.807) is 55.4 Å². The van der Waals surface area contributed by atoms with Crippen molar-refractivity contribution >= 4 is 40.8 Å². The summed E-state index contributed by atoms with van der Waals surface area (Å²) in [4.78, 5) is 4.93. The van der Waals surface area contributed by atoms with Gasteiger partial charge in [0.2, 0.25) is 4.80 Å². The third kappa shape index (κ3) is 3.77. The lowest BCUT2D eigenvalue weighted by Crippen LogP contribution is -2.11. The summed E-state index contributed by atoms with van der Waals surface area (Å²) in [5.74, 6) is 0.729. The minimum Gasteiger partial charge on any atom is -0.507 e. The Balaban J connectivity index is 2.10. The van der Waals surface area contributed by atoms with Gasteiger partial charge in [0, 0.05) is 28.6 Å². The highest BCUT2D eigenvalue weighted by atomic mass is 35.5. The maximum absolute atomic E-state index is 10.0. The lowest BCUT2D eigenvalue weighted by molar-refractivity contribution is 0.412. The standard InChI is InChI=1S/C18H15Cl2N3O2S/c1-21-18-23(22-9-11-7-13(25-2)4-6-17(11)24)16(10-26-18)14-5-3-12(19)8-15(14)20/h3-10,24H,1-2H3. The van der Waals surface area contributed by atoms with E-state index in [0.29, 0.717) is 26.2 Å². The van der Waals surface area contributed by atoms with Crippen LogP contribution in [0.4, 0.5) is 0 Å². The third-order valence-corrected chi connectivity index (χ3v) is 5.09. The zero-order chi connectivity index (χ0) is 18.7. The number of nitrogens with zero attached hydrogens (tertiary/aromatic N) is 3. The maximum Gasteiger partial charge on any atom is 0.205 e. The van der Waals surface area contributed by atoms with Gasteiger partial charge in [0.1, 0.15) is 11.5 Å². The Morgan fingerprint density at radius 1 is 1.19 bits per heavy atom. The number of phenolic OH excluding ortho intramolecular Hbond substituents is 1. The molecule has 5 nitrogen and oxygen atoms in total. The highest BCUT2D eigenvalue weighted by molar-refractivity contribution is 7.07. The van der Waals surface area contributed by atoms with E-state index in [0.717, 1.165) is 11.3 Å². The molecule has 0 radical (unpaired) electrons. The predicted octanol–water partition coefficient (Wildman–Crippen LogP) is 4.65. The quantitative estimate of drug-likeness (QED) is 0.639. The SMILES string of the molecule is CN=c1scc(-c2ccc(Cl)cc2Cl)n1N=Cc1cc(OC)ccc1O. The Hall–Kier alpha value is -2.28. The summed E-state index contributed by atoms with van der Waals surface area (Å²) >= 11 is 13.8. The molecule has 3 aromatic rings. The normalized spacial score (nSPS) is 12.1. The molecule has 26 heavy (non-hydrogen) atoms. The third-order valence-electron chi connectivity index (χ3n) is 3.63. The van der Waals surface area contributed by atoms with Crippen LogP contribution < -0.4 is 9.54 Å². The lowest BCUT2D eigenvalue weighted by atomic mass is 10.2. The van der Waals surface area contributed by atoms with Crippen molar-refractivity contribution in [3.63, 3.8) is 0 Å². The van der Waals surface area contributed by atoms with Gasteiger partial charge in [-0.25, -0.2) is 4.68 Å². The molecule has 1 aromatic heterocycles. The minimum atomic E-state index is 0.103. The van der Waals surface area contributed by atoms with Crippen LogP contribution in [0.2, 0.25) is 10.0 Å². The summed E-state index contributed by atoms with van der Waals surface area (Å²) in [7, 11) is 3.25. The van der Waals surface area contributed by atoms with Gasteiger partial charge in [-0.05, 0) is 36.4 Å². The molecule has 0 aliphatic carbocycles. The van der Waals surface area contributed by atoms with Gasteiger partial charge in [-0.2, -0.15) is 5.10 Å². The Morgan fingerprint density at radius 2 is 2.00 bits per heavy atom. The van der Waals surface area contributed by atoms with Crippen molar-refractivity contribution in [2.24, 2.45) is 10.1 Å². The highest BCUT2D eigenvalue weighted by Gasteiger charge is 2.11. The summed E-state index contributed by atoms with van der Waals surface area (Å²) in [6, 6.07) is 10.2. The Kier molecular flexibility index (Phi) is 5.66. The number of benzene rings is 2. The Morgan fingerprint density at radius 3 is 2.69 bits per heavy atom. The fourth-order valence-electron chi connectivity index (χ4n) is 2.33. The first-order valence-corrected chi connectivity index (χ1v) is 9.17. The number of rotatable bonds is 4. The summed E-state index contributed by atoms with van der Waals surface area (Å²) in [5, 5.41) is 17.5. The molecule has 0 unspecified atom stereocenters. The Bertz CT molecular complexity index is 1040. The van der Waals surface area contributed by atoms with Crippen LogP contribution in [0.5, 0.6) is 11.5 Å². The maximum atomic E-state index is 10.0. The van der Waals surface area contributed by atoms with Crippen LogP contribution in [0.15, 0.2) is 51.9 Å². The van der Waals surface area contributed by atoms with Crippen LogP contribution in [-0.2, 0) is 0 Å². The zero-order valence-corrected chi connectivity index (χ0v) is 16.3. The molecular formula is C18H15Cl2N3O2S. The van der Waals surface area contributed by atoms with Gasteiger partial charge in [0.05, 0.1) is 24.0 Å². The van der Waals surface area contributed by atoms with E-state index in [-0.39, 0.29) is 5.75 Å². The minimum absolute atomic E-state index is 0.103. The number of ether oxygens (including phenoxy) is 1. The summed E-state index contributed by atoms with van der Waals surface area (Å²) in [6.45, 7) is 0. The molecule has 0 aliphatic heterocycles. The van der Waals surface area contributed by atoms with Crippen LogP contribution in [0.3, 0.4) is 0 Å². The molecule has 0 bridgehead atoms. The second-order valence-corrected chi connectivity index (χ2v) is 6.91. The van der Waals surface area contributed by atoms with Crippen molar-refractivity contribution in [2.75, 3.05) is 14.2 Å². The zero-order valence-electron chi connectivity index (χ0n) is 14.0. The molecule has 0 saturated carbocycles.